The minimum absolute atomic E-state index is 0.00751. The van der Waals surface area contributed by atoms with E-state index >= 15 is 0 Å². The smallest absolute Gasteiger partial charge is 0.267 e. The van der Waals surface area contributed by atoms with Crippen LogP contribution in [0, 0.1) is 11.8 Å². The summed E-state index contributed by atoms with van der Waals surface area (Å²) in [6, 6.07) is 0. The highest BCUT2D eigenvalue weighted by molar-refractivity contribution is 7.86. The van der Waals surface area contributed by atoms with Crippen molar-refractivity contribution >= 4 is 39.1 Å². The number of carbonyl (C=O) groups excluding carboxylic acids is 1. The molecule has 0 radical (unpaired) electrons. The molecule has 20 heavy (non-hydrogen) atoms. The van der Waals surface area contributed by atoms with Crippen LogP contribution in [0.5, 0.6) is 0 Å². The van der Waals surface area contributed by atoms with Crippen LogP contribution in [0.1, 0.15) is 44.9 Å². The maximum atomic E-state index is 12.5. The Labute approximate surface area is 130 Å². The highest BCUT2D eigenvalue weighted by atomic mass is 35.5. The lowest BCUT2D eigenvalue weighted by atomic mass is 9.76. The first-order chi connectivity index (χ1) is 9.29. The van der Waals surface area contributed by atoms with Gasteiger partial charge in [0.05, 0.1) is 5.25 Å². The lowest BCUT2D eigenvalue weighted by Crippen LogP contribution is -2.38. The summed E-state index contributed by atoms with van der Waals surface area (Å²) in [5, 5.41) is -0.865. The van der Waals surface area contributed by atoms with E-state index in [4.69, 9.17) is 27.8 Å². The molecule has 4 nitrogen and oxygen atoms in total. The second-order valence-corrected chi connectivity index (χ2v) is 8.80. The van der Waals surface area contributed by atoms with E-state index in [9.17, 15) is 13.2 Å². The molecule has 3 unspecified atom stereocenters. The van der Waals surface area contributed by atoms with E-state index in [2.05, 4.69) is 0 Å². The van der Waals surface area contributed by atoms with Gasteiger partial charge in [0.2, 0.25) is 0 Å². The van der Waals surface area contributed by atoms with Crippen molar-refractivity contribution in [3.05, 3.63) is 0 Å². The topological polar surface area (TPSA) is 71.4 Å². The number of hydrogen-bond donors (Lipinski definition) is 1. The van der Waals surface area contributed by atoms with Crippen LogP contribution in [-0.2, 0) is 14.9 Å². The van der Waals surface area contributed by atoms with Gasteiger partial charge in [0, 0.05) is 22.6 Å². The normalized spacial score (nSPS) is 39.5. The molecule has 1 N–H and O–H groups in total. The second kappa shape index (κ2) is 6.51. The standard InChI is InChI=1S/C13H20Cl2O4S/c14-9-3-6-12(15)11(7-9)13(16)8-1-4-10(5-2-8)20(17,18)19/h8-12H,1-7H2,(H,17,18,19). The van der Waals surface area contributed by atoms with E-state index in [1.807, 2.05) is 0 Å². The number of ketones is 1. The molecule has 0 aliphatic heterocycles. The number of carbonyl (C=O) groups is 1. The average molecular weight is 343 g/mol. The zero-order valence-corrected chi connectivity index (χ0v) is 13.5. The van der Waals surface area contributed by atoms with Crippen LogP contribution in [0.4, 0.5) is 0 Å². The third kappa shape index (κ3) is 3.87. The Balaban J connectivity index is 1.94. The van der Waals surface area contributed by atoms with Crippen LogP contribution in [0.25, 0.3) is 0 Å². The molecule has 0 aromatic rings. The second-order valence-electron chi connectivity index (χ2n) is 5.92. The summed E-state index contributed by atoms with van der Waals surface area (Å²) >= 11 is 12.4. The van der Waals surface area contributed by atoms with Gasteiger partial charge in [-0.1, -0.05) is 0 Å². The first kappa shape index (κ1) is 16.5. The molecule has 0 spiro atoms. The lowest BCUT2D eigenvalue weighted by Gasteiger charge is -2.33. The molecule has 2 saturated carbocycles. The largest absolute Gasteiger partial charge is 0.299 e. The lowest BCUT2D eigenvalue weighted by molar-refractivity contribution is -0.128. The van der Waals surface area contributed by atoms with Gasteiger partial charge in [-0.3, -0.25) is 9.35 Å². The molecule has 0 aromatic carbocycles. The van der Waals surface area contributed by atoms with Crippen molar-refractivity contribution in [1.29, 1.82) is 0 Å². The molecule has 0 aromatic heterocycles. The van der Waals surface area contributed by atoms with E-state index in [0.29, 0.717) is 32.1 Å². The van der Waals surface area contributed by atoms with Crippen molar-refractivity contribution < 1.29 is 17.8 Å². The SMILES string of the molecule is O=C(C1CCC(S(=O)(=O)O)CC1)C1CC(Cl)CCC1Cl. The molecule has 0 bridgehead atoms. The molecule has 116 valence electrons. The first-order valence-electron chi connectivity index (χ1n) is 7.07. The third-order valence-electron chi connectivity index (χ3n) is 4.57. The Morgan fingerprint density at radius 2 is 1.60 bits per heavy atom. The summed E-state index contributed by atoms with van der Waals surface area (Å²) in [5.41, 5.74) is 0. The molecule has 3 atom stereocenters. The van der Waals surface area contributed by atoms with E-state index in [-0.39, 0.29) is 28.4 Å². The van der Waals surface area contributed by atoms with Crippen molar-refractivity contribution in [3.8, 4) is 0 Å². The van der Waals surface area contributed by atoms with Gasteiger partial charge in [0.25, 0.3) is 10.1 Å². The van der Waals surface area contributed by atoms with E-state index in [0.717, 1.165) is 12.8 Å². The summed E-state index contributed by atoms with van der Waals surface area (Å²) < 4.78 is 31.2. The predicted octanol–water partition coefficient (Wildman–Crippen LogP) is 3.02. The molecule has 0 amide bonds. The van der Waals surface area contributed by atoms with Crippen LogP contribution in [0.3, 0.4) is 0 Å². The zero-order chi connectivity index (χ0) is 14.9. The Bertz CT molecular complexity index is 457. The summed E-state index contributed by atoms with van der Waals surface area (Å²) in [7, 11) is -3.98. The number of halogens is 2. The van der Waals surface area contributed by atoms with Gasteiger partial charge in [-0.2, -0.15) is 8.42 Å². The predicted molar refractivity (Wildman–Crippen MR) is 78.9 cm³/mol. The van der Waals surface area contributed by atoms with Gasteiger partial charge in [-0.15, -0.1) is 23.2 Å². The Kier molecular flexibility index (Phi) is 5.38. The fourth-order valence-electron chi connectivity index (χ4n) is 3.32. The zero-order valence-electron chi connectivity index (χ0n) is 11.2. The maximum absolute atomic E-state index is 12.5. The van der Waals surface area contributed by atoms with Crippen LogP contribution in [0.15, 0.2) is 0 Å². The van der Waals surface area contributed by atoms with Crippen LogP contribution < -0.4 is 0 Å². The van der Waals surface area contributed by atoms with E-state index in [1.165, 1.54) is 0 Å². The van der Waals surface area contributed by atoms with Crippen LogP contribution in [-0.4, -0.2) is 34.8 Å². The van der Waals surface area contributed by atoms with Crippen LogP contribution >= 0.6 is 23.2 Å². The molecule has 0 saturated heterocycles. The van der Waals surface area contributed by atoms with Crippen LogP contribution in [0.2, 0.25) is 0 Å². The summed E-state index contributed by atoms with van der Waals surface area (Å²) in [6.07, 6.45) is 3.93. The Morgan fingerprint density at radius 3 is 2.15 bits per heavy atom. The summed E-state index contributed by atoms with van der Waals surface area (Å²) in [4.78, 5) is 12.5. The minimum Gasteiger partial charge on any atom is -0.299 e. The van der Waals surface area contributed by atoms with Crippen molar-refractivity contribution in [3.63, 3.8) is 0 Å². The average Bonchev–Trinajstić information content (AvgIpc) is 2.40. The first-order valence-corrected chi connectivity index (χ1v) is 9.44. The van der Waals surface area contributed by atoms with Gasteiger partial charge in [0.15, 0.2) is 0 Å². The Morgan fingerprint density at radius 1 is 1.00 bits per heavy atom. The van der Waals surface area contributed by atoms with Crippen molar-refractivity contribution in [2.45, 2.75) is 60.9 Å². The third-order valence-corrected chi connectivity index (χ3v) is 6.80. The quantitative estimate of drug-likeness (QED) is 0.632. The maximum Gasteiger partial charge on any atom is 0.267 e. The minimum atomic E-state index is -3.98. The molecule has 0 heterocycles. The molecule has 2 aliphatic carbocycles. The molecule has 2 rings (SSSR count). The molecule has 7 heteroatoms. The van der Waals surface area contributed by atoms with Crippen molar-refractivity contribution in [2.24, 2.45) is 11.8 Å². The number of Topliss-reactive ketones (excluding diaryl/α,β-unsaturated/α-hetero) is 1. The van der Waals surface area contributed by atoms with Crippen molar-refractivity contribution in [1.82, 2.24) is 0 Å². The number of alkyl halides is 2. The van der Waals surface area contributed by atoms with E-state index in [1.54, 1.807) is 0 Å². The van der Waals surface area contributed by atoms with Gasteiger partial charge >= 0.3 is 0 Å². The molecular weight excluding hydrogens is 323 g/mol. The highest BCUT2D eigenvalue weighted by Gasteiger charge is 2.39. The van der Waals surface area contributed by atoms with Gasteiger partial charge in [-0.25, -0.2) is 0 Å². The van der Waals surface area contributed by atoms with Gasteiger partial charge in [-0.05, 0) is 44.9 Å². The number of hydrogen-bond acceptors (Lipinski definition) is 3. The van der Waals surface area contributed by atoms with Gasteiger partial charge in [0.1, 0.15) is 5.78 Å². The summed E-state index contributed by atoms with van der Waals surface area (Å²) in [5.74, 6) is -0.217. The van der Waals surface area contributed by atoms with Crippen molar-refractivity contribution in [2.75, 3.05) is 0 Å². The molecule has 2 fully saturated rings. The van der Waals surface area contributed by atoms with E-state index < -0.39 is 15.4 Å². The fraction of sp³-hybridized carbons (Fsp3) is 0.923. The fourth-order valence-corrected chi connectivity index (χ4v) is 4.86. The monoisotopic (exact) mass is 342 g/mol. The molecular formula is C13H20Cl2O4S. The molecule has 2 aliphatic rings. The summed E-state index contributed by atoms with van der Waals surface area (Å²) in [6.45, 7) is 0. The highest BCUT2D eigenvalue weighted by Crippen LogP contribution is 2.37. The van der Waals surface area contributed by atoms with Gasteiger partial charge < -0.3 is 0 Å². The Hall–Kier alpha value is 0.160. The number of rotatable bonds is 3.